The first-order valence-corrected chi connectivity index (χ1v) is 6.19. The summed E-state index contributed by atoms with van der Waals surface area (Å²) < 4.78 is 11.2. The molecule has 0 amide bonds. The van der Waals surface area contributed by atoms with Crippen molar-refractivity contribution in [3.05, 3.63) is 16.4 Å². The van der Waals surface area contributed by atoms with Crippen LogP contribution in [0.1, 0.15) is 19.5 Å². The lowest BCUT2D eigenvalue weighted by atomic mass is 10.4. The smallest absolute Gasteiger partial charge is 0.222 e. The van der Waals surface area contributed by atoms with Crippen LogP contribution in [0, 0.1) is 6.92 Å². The average molecular weight is 304 g/mol. The molecule has 0 aromatic carbocycles. The number of rotatable bonds is 1. The van der Waals surface area contributed by atoms with Gasteiger partial charge in [-0.3, -0.25) is 0 Å². The van der Waals surface area contributed by atoms with Gasteiger partial charge in [0, 0.05) is 13.2 Å². The summed E-state index contributed by atoms with van der Waals surface area (Å²) in [6.07, 6.45) is 1.73. The second-order valence-corrected chi connectivity index (χ2v) is 4.83. The van der Waals surface area contributed by atoms with E-state index in [2.05, 4.69) is 31.2 Å². The minimum Gasteiger partial charge on any atom is -0.357 e. The van der Waals surface area contributed by atoms with Gasteiger partial charge in [-0.25, -0.2) is 9.97 Å². The number of nitrogens with one attached hydrogen (secondary N) is 1. The van der Waals surface area contributed by atoms with Crippen LogP contribution in [0.3, 0.4) is 0 Å². The van der Waals surface area contributed by atoms with Gasteiger partial charge < -0.3 is 14.8 Å². The van der Waals surface area contributed by atoms with Gasteiger partial charge in [-0.2, -0.15) is 0 Å². The summed E-state index contributed by atoms with van der Waals surface area (Å²) in [5, 5.41) is 2.85. The molecule has 0 spiro atoms. The van der Waals surface area contributed by atoms with E-state index >= 15 is 0 Å². The van der Waals surface area contributed by atoms with Crippen LogP contribution in [0.25, 0.3) is 0 Å². The first kappa shape index (κ1) is 14.3. The monoisotopic (exact) mass is 303 g/mol. The zero-order chi connectivity index (χ0) is 12.9. The lowest BCUT2D eigenvalue weighted by molar-refractivity contribution is -0.125. The third kappa shape index (κ3) is 4.97. The summed E-state index contributed by atoms with van der Waals surface area (Å²) >= 11 is 3.31. The molecule has 6 heteroatoms. The minimum atomic E-state index is -0.306. The van der Waals surface area contributed by atoms with Crippen molar-refractivity contribution in [2.45, 2.75) is 26.6 Å². The first-order valence-electron chi connectivity index (χ1n) is 5.39. The van der Waals surface area contributed by atoms with Crippen molar-refractivity contribution in [3.8, 4) is 0 Å². The molecular weight excluding hydrogens is 286 g/mol. The van der Waals surface area contributed by atoms with Crippen LogP contribution < -0.4 is 5.32 Å². The highest BCUT2D eigenvalue weighted by atomic mass is 79.9. The number of hydrogen-bond donors (Lipinski definition) is 1. The largest absolute Gasteiger partial charge is 0.357 e. The van der Waals surface area contributed by atoms with Crippen LogP contribution in [0.4, 0.5) is 5.95 Å². The summed E-state index contributed by atoms with van der Waals surface area (Å²) in [5.41, 5.74) is 0.944. The highest BCUT2D eigenvalue weighted by Crippen LogP contribution is 2.15. The second-order valence-electron chi connectivity index (χ2n) is 3.97. The number of halogens is 1. The zero-order valence-corrected chi connectivity index (χ0v) is 12.2. The van der Waals surface area contributed by atoms with Gasteiger partial charge in [0.15, 0.2) is 5.79 Å². The molecule has 2 heterocycles. The molecule has 0 radical (unpaired) electrons. The Morgan fingerprint density at radius 1 is 1.35 bits per heavy atom. The van der Waals surface area contributed by atoms with Gasteiger partial charge in [0.1, 0.15) is 0 Å². The molecule has 96 valence electrons. The molecule has 1 aliphatic rings. The van der Waals surface area contributed by atoms with Crippen molar-refractivity contribution in [3.63, 3.8) is 0 Å². The fourth-order valence-electron chi connectivity index (χ4n) is 1.19. The third-order valence-electron chi connectivity index (χ3n) is 2.13. The van der Waals surface area contributed by atoms with Gasteiger partial charge in [-0.15, -0.1) is 0 Å². The van der Waals surface area contributed by atoms with Crippen molar-refractivity contribution in [1.29, 1.82) is 0 Å². The number of nitrogens with zero attached hydrogens (tertiary/aromatic N) is 2. The topological polar surface area (TPSA) is 56.3 Å². The predicted octanol–water partition coefficient (Wildman–Crippen LogP) is 2.36. The van der Waals surface area contributed by atoms with E-state index < -0.39 is 0 Å². The summed E-state index contributed by atoms with van der Waals surface area (Å²) in [7, 11) is 1.79. The summed E-state index contributed by atoms with van der Waals surface area (Å²) in [6.45, 7) is 7.24. The number of ether oxygens (including phenoxy) is 2. The van der Waals surface area contributed by atoms with Gasteiger partial charge in [0.05, 0.1) is 23.4 Å². The minimum absolute atomic E-state index is 0.306. The first-order chi connectivity index (χ1) is 7.94. The van der Waals surface area contributed by atoms with Crippen LogP contribution in [-0.2, 0) is 9.47 Å². The van der Waals surface area contributed by atoms with E-state index in [1.807, 2.05) is 20.8 Å². The maximum atomic E-state index is 5.12. The molecule has 1 saturated heterocycles. The molecule has 1 aromatic rings. The summed E-state index contributed by atoms with van der Waals surface area (Å²) in [4.78, 5) is 8.11. The van der Waals surface area contributed by atoms with Crippen LogP contribution >= 0.6 is 15.9 Å². The van der Waals surface area contributed by atoms with E-state index in [4.69, 9.17) is 9.47 Å². The Morgan fingerprint density at radius 2 is 1.94 bits per heavy atom. The molecule has 1 fully saturated rings. The number of hydrogen-bond acceptors (Lipinski definition) is 5. The highest BCUT2D eigenvalue weighted by molar-refractivity contribution is 9.10. The molecule has 0 atom stereocenters. The fourth-order valence-corrected chi connectivity index (χ4v) is 1.38. The Hall–Kier alpha value is -0.720. The van der Waals surface area contributed by atoms with Gasteiger partial charge in [0.25, 0.3) is 0 Å². The zero-order valence-electron chi connectivity index (χ0n) is 10.6. The van der Waals surface area contributed by atoms with Gasteiger partial charge in [-0.1, -0.05) is 0 Å². The lowest BCUT2D eigenvalue weighted by Crippen LogP contribution is -2.18. The van der Waals surface area contributed by atoms with Crippen LogP contribution in [0.15, 0.2) is 10.7 Å². The molecule has 1 N–H and O–H groups in total. The average Bonchev–Trinajstić information content (AvgIpc) is 2.68. The summed E-state index contributed by atoms with van der Waals surface area (Å²) in [5.74, 6) is 0.348. The normalized spacial score (nSPS) is 17.2. The molecule has 5 nitrogen and oxygen atoms in total. The lowest BCUT2D eigenvalue weighted by Gasteiger charge is -2.13. The molecule has 0 unspecified atom stereocenters. The molecule has 0 bridgehead atoms. The van der Waals surface area contributed by atoms with E-state index in [0.29, 0.717) is 5.95 Å². The Kier molecular flexibility index (Phi) is 5.30. The summed E-state index contributed by atoms with van der Waals surface area (Å²) in [6, 6.07) is 0. The van der Waals surface area contributed by atoms with E-state index in [-0.39, 0.29) is 5.79 Å². The van der Waals surface area contributed by atoms with Crippen molar-refractivity contribution < 1.29 is 9.47 Å². The molecule has 1 aromatic heterocycles. The van der Waals surface area contributed by atoms with E-state index in [9.17, 15) is 0 Å². The fraction of sp³-hybridized carbons (Fsp3) is 0.636. The molecule has 0 aliphatic carbocycles. The van der Waals surface area contributed by atoms with Gasteiger partial charge in [-0.05, 0) is 36.7 Å². The molecule has 1 aliphatic heterocycles. The Labute approximate surface area is 110 Å². The van der Waals surface area contributed by atoms with Crippen molar-refractivity contribution in [2.75, 3.05) is 25.6 Å². The molecular formula is C11H18BrN3O2. The highest BCUT2D eigenvalue weighted by Gasteiger charge is 2.23. The van der Waals surface area contributed by atoms with E-state index in [0.717, 1.165) is 23.4 Å². The number of aryl methyl sites for hydroxylation is 1. The van der Waals surface area contributed by atoms with E-state index in [1.165, 1.54) is 0 Å². The van der Waals surface area contributed by atoms with Crippen molar-refractivity contribution in [1.82, 2.24) is 9.97 Å². The quantitative estimate of drug-likeness (QED) is 0.863. The number of anilines is 1. The molecule has 17 heavy (non-hydrogen) atoms. The molecule has 0 saturated carbocycles. The Morgan fingerprint density at radius 3 is 2.29 bits per heavy atom. The van der Waals surface area contributed by atoms with Crippen LogP contribution in [0.2, 0.25) is 0 Å². The SMILES string of the molecule is CC1(C)OCCO1.CNc1ncc(Br)c(C)n1. The van der Waals surface area contributed by atoms with Gasteiger partial charge >= 0.3 is 0 Å². The third-order valence-corrected chi connectivity index (χ3v) is 2.90. The van der Waals surface area contributed by atoms with Crippen LogP contribution in [0.5, 0.6) is 0 Å². The van der Waals surface area contributed by atoms with Crippen LogP contribution in [-0.4, -0.2) is 36.0 Å². The standard InChI is InChI=1S/C6H8BrN3.C5H10O2/c1-4-5(7)3-9-6(8-2)10-4;1-5(2)6-3-4-7-5/h3H,1-2H3,(H,8,9,10);3-4H2,1-2H3. The predicted molar refractivity (Wildman–Crippen MR) is 70.0 cm³/mol. The van der Waals surface area contributed by atoms with Crippen molar-refractivity contribution >= 4 is 21.9 Å². The molecule has 2 rings (SSSR count). The Balaban J connectivity index is 0.000000181. The van der Waals surface area contributed by atoms with Crippen molar-refractivity contribution in [2.24, 2.45) is 0 Å². The second kappa shape index (κ2) is 6.28. The maximum absolute atomic E-state index is 5.12. The number of aromatic nitrogens is 2. The van der Waals surface area contributed by atoms with Gasteiger partial charge in [0.2, 0.25) is 5.95 Å². The maximum Gasteiger partial charge on any atom is 0.222 e. The Bertz CT molecular complexity index is 364. The van der Waals surface area contributed by atoms with E-state index in [1.54, 1.807) is 13.2 Å².